The number of nitrogens with zero attached hydrogens (tertiary/aromatic N) is 1. The second-order valence-corrected chi connectivity index (χ2v) is 3.16. The minimum atomic E-state index is -0.230. The molecular formula is C11H10N2O2. The summed E-state index contributed by atoms with van der Waals surface area (Å²) in [6.07, 6.45) is 1.31. The monoisotopic (exact) mass is 202 g/mol. The van der Waals surface area contributed by atoms with Crippen molar-refractivity contribution >= 4 is 0 Å². The van der Waals surface area contributed by atoms with E-state index in [1.165, 1.54) is 12.4 Å². The SMILES string of the molecule is Cc1ccc(Oc2cc(=O)[nH]cn2)cc1. The highest BCUT2D eigenvalue weighted by Gasteiger charge is 1.98. The molecule has 15 heavy (non-hydrogen) atoms. The average molecular weight is 202 g/mol. The Balaban J connectivity index is 2.22. The summed E-state index contributed by atoms with van der Waals surface area (Å²) in [5, 5.41) is 0. The predicted molar refractivity (Wildman–Crippen MR) is 56.1 cm³/mol. The zero-order valence-corrected chi connectivity index (χ0v) is 8.23. The molecule has 2 rings (SSSR count). The Morgan fingerprint density at radius 1 is 1.27 bits per heavy atom. The molecule has 0 aliphatic rings. The van der Waals surface area contributed by atoms with Crippen LogP contribution in [0.4, 0.5) is 0 Å². The van der Waals surface area contributed by atoms with Crippen LogP contribution in [0.3, 0.4) is 0 Å². The number of benzene rings is 1. The molecule has 0 atom stereocenters. The van der Waals surface area contributed by atoms with E-state index in [0.717, 1.165) is 5.56 Å². The fourth-order valence-electron chi connectivity index (χ4n) is 1.13. The molecule has 0 aliphatic carbocycles. The van der Waals surface area contributed by atoms with Crippen LogP contribution in [0.5, 0.6) is 11.6 Å². The Kier molecular flexibility index (Phi) is 2.49. The van der Waals surface area contributed by atoms with Crippen molar-refractivity contribution in [2.75, 3.05) is 0 Å². The first-order chi connectivity index (χ1) is 7.24. The van der Waals surface area contributed by atoms with Gasteiger partial charge in [-0.2, -0.15) is 0 Å². The molecule has 1 aromatic carbocycles. The van der Waals surface area contributed by atoms with Crippen molar-refractivity contribution in [3.8, 4) is 11.6 Å². The fraction of sp³-hybridized carbons (Fsp3) is 0.0909. The van der Waals surface area contributed by atoms with Crippen LogP contribution in [0.2, 0.25) is 0 Å². The third-order valence-corrected chi connectivity index (χ3v) is 1.90. The van der Waals surface area contributed by atoms with Gasteiger partial charge in [0.25, 0.3) is 5.56 Å². The fourth-order valence-corrected chi connectivity index (χ4v) is 1.13. The molecule has 1 N–H and O–H groups in total. The van der Waals surface area contributed by atoms with Gasteiger partial charge >= 0.3 is 0 Å². The van der Waals surface area contributed by atoms with E-state index in [1.807, 2.05) is 31.2 Å². The molecule has 0 radical (unpaired) electrons. The van der Waals surface area contributed by atoms with E-state index in [-0.39, 0.29) is 5.56 Å². The van der Waals surface area contributed by atoms with Gasteiger partial charge in [0.15, 0.2) is 0 Å². The first kappa shape index (κ1) is 9.45. The van der Waals surface area contributed by atoms with Gasteiger partial charge in [-0.3, -0.25) is 4.79 Å². The highest BCUT2D eigenvalue weighted by molar-refractivity contribution is 5.29. The lowest BCUT2D eigenvalue weighted by atomic mass is 10.2. The van der Waals surface area contributed by atoms with Gasteiger partial charge in [0.05, 0.1) is 12.4 Å². The maximum absolute atomic E-state index is 11.0. The van der Waals surface area contributed by atoms with Crippen LogP contribution in [0.15, 0.2) is 41.5 Å². The summed E-state index contributed by atoms with van der Waals surface area (Å²) in [5.41, 5.74) is 0.924. The van der Waals surface area contributed by atoms with E-state index < -0.39 is 0 Å². The molecule has 4 nitrogen and oxygen atoms in total. The number of aryl methyl sites for hydroxylation is 1. The maximum Gasteiger partial charge on any atom is 0.254 e. The van der Waals surface area contributed by atoms with Gasteiger partial charge in [-0.1, -0.05) is 17.7 Å². The van der Waals surface area contributed by atoms with E-state index >= 15 is 0 Å². The standard InChI is InChI=1S/C11H10N2O2/c1-8-2-4-9(5-3-8)15-11-6-10(14)12-7-13-11/h2-7H,1H3,(H,12,13,14). The van der Waals surface area contributed by atoms with Gasteiger partial charge in [-0.15, -0.1) is 0 Å². The Labute approximate surface area is 86.6 Å². The van der Waals surface area contributed by atoms with Crippen LogP contribution in [0.1, 0.15) is 5.56 Å². The molecule has 1 aromatic heterocycles. The summed E-state index contributed by atoms with van der Waals surface area (Å²) >= 11 is 0. The van der Waals surface area contributed by atoms with Crippen molar-refractivity contribution in [3.63, 3.8) is 0 Å². The molecule has 1 heterocycles. The normalized spacial score (nSPS) is 9.93. The lowest BCUT2D eigenvalue weighted by Crippen LogP contribution is -2.04. The molecule has 0 bridgehead atoms. The van der Waals surface area contributed by atoms with Crippen molar-refractivity contribution in [2.45, 2.75) is 6.92 Å². The largest absolute Gasteiger partial charge is 0.439 e. The van der Waals surface area contributed by atoms with Crippen LogP contribution in [-0.2, 0) is 0 Å². The van der Waals surface area contributed by atoms with Crippen molar-refractivity contribution in [1.82, 2.24) is 9.97 Å². The molecule has 0 saturated carbocycles. The van der Waals surface area contributed by atoms with E-state index in [0.29, 0.717) is 11.6 Å². The zero-order valence-electron chi connectivity index (χ0n) is 8.23. The van der Waals surface area contributed by atoms with Gasteiger partial charge < -0.3 is 9.72 Å². The number of aromatic amines is 1. The Morgan fingerprint density at radius 2 is 2.00 bits per heavy atom. The second-order valence-electron chi connectivity index (χ2n) is 3.16. The number of rotatable bonds is 2. The van der Waals surface area contributed by atoms with Gasteiger partial charge in [0, 0.05) is 0 Å². The number of hydrogen-bond acceptors (Lipinski definition) is 3. The van der Waals surface area contributed by atoms with Crippen LogP contribution >= 0.6 is 0 Å². The molecule has 0 amide bonds. The Hall–Kier alpha value is -2.10. The molecule has 0 aliphatic heterocycles. The molecule has 2 aromatic rings. The first-order valence-corrected chi connectivity index (χ1v) is 4.53. The number of nitrogens with one attached hydrogen (secondary N) is 1. The van der Waals surface area contributed by atoms with Crippen molar-refractivity contribution in [3.05, 3.63) is 52.6 Å². The van der Waals surface area contributed by atoms with Gasteiger partial charge in [-0.25, -0.2) is 4.98 Å². The number of aromatic nitrogens is 2. The van der Waals surface area contributed by atoms with Crippen LogP contribution in [0.25, 0.3) is 0 Å². The molecule has 0 unspecified atom stereocenters. The lowest BCUT2D eigenvalue weighted by Gasteiger charge is -2.03. The molecular weight excluding hydrogens is 192 g/mol. The topological polar surface area (TPSA) is 55.0 Å². The summed E-state index contributed by atoms with van der Waals surface area (Å²) in [4.78, 5) is 17.3. The average Bonchev–Trinajstić information content (AvgIpc) is 2.22. The number of hydrogen-bond donors (Lipinski definition) is 1. The van der Waals surface area contributed by atoms with Crippen molar-refractivity contribution in [2.24, 2.45) is 0 Å². The third-order valence-electron chi connectivity index (χ3n) is 1.90. The molecule has 0 saturated heterocycles. The number of ether oxygens (including phenoxy) is 1. The van der Waals surface area contributed by atoms with E-state index in [9.17, 15) is 4.79 Å². The smallest absolute Gasteiger partial charge is 0.254 e. The lowest BCUT2D eigenvalue weighted by molar-refractivity contribution is 0.460. The Bertz CT molecular complexity index is 502. The number of H-pyrrole nitrogens is 1. The van der Waals surface area contributed by atoms with Gasteiger partial charge in [0.1, 0.15) is 5.75 Å². The second kappa shape index (κ2) is 3.96. The van der Waals surface area contributed by atoms with Crippen molar-refractivity contribution in [1.29, 1.82) is 0 Å². The summed E-state index contributed by atoms with van der Waals surface area (Å²) in [5.74, 6) is 0.960. The minimum Gasteiger partial charge on any atom is -0.439 e. The summed E-state index contributed by atoms with van der Waals surface area (Å²) < 4.78 is 5.38. The predicted octanol–water partition coefficient (Wildman–Crippen LogP) is 1.87. The maximum atomic E-state index is 11.0. The van der Waals surface area contributed by atoms with Gasteiger partial charge in [0.2, 0.25) is 5.88 Å². The zero-order chi connectivity index (χ0) is 10.7. The van der Waals surface area contributed by atoms with E-state index in [4.69, 9.17) is 4.74 Å². The highest BCUT2D eigenvalue weighted by atomic mass is 16.5. The molecule has 0 spiro atoms. The first-order valence-electron chi connectivity index (χ1n) is 4.53. The van der Waals surface area contributed by atoms with E-state index in [1.54, 1.807) is 0 Å². The molecule has 0 fully saturated rings. The minimum absolute atomic E-state index is 0.230. The summed E-state index contributed by atoms with van der Waals surface area (Å²) in [6, 6.07) is 8.83. The summed E-state index contributed by atoms with van der Waals surface area (Å²) in [7, 11) is 0. The molecule has 4 heteroatoms. The van der Waals surface area contributed by atoms with E-state index in [2.05, 4.69) is 9.97 Å². The van der Waals surface area contributed by atoms with Crippen LogP contribution in [0, 0.1) is 6.92 Å². The molecule has 76 valence electrons. The van der Waals surface area contributed by atoms with Crippen LogP contribution < -0.4 is 10.3 Å². The Morgan fingerprint density at radius 3 is 2.67 bits per heavy atom. The quantitative estimate of drug-likeness (QED) is 0.808. The third kappa shape index (κ3) is 2.43. The van der Waals surface area contributed by atoms with Crippen LogP contribution in [-0.4, -0.2) is 9.97 Å². The van der Waals surface area contributed by atoms with Gasteiger partial charge in [-0.05, 0) is 19.1 Å². The van der Waals surface area contributed by atoms with Crippen molar-refractivity contribution < 1.29 is 4.74 Å². The highest BCUT2D eigenvalue weighted by Crippen LogP contribution is 2.17. The summed E-state index contributed by atoms with van der Waals surface area (Å²) in [6.45, 7) is 2.00.